The lowest BCUT2D eigenvalue weighted by molar-refractivity contribution is -0.132. The molecule has 1 aliphatic rings. The number of nitrogens with zero attached hydrogens (tertiary/aromatic N) is 1. The summed E-state index contributed by atoms with van der Waals surface area (Å²) in [5.74, 6) is -4.39. The van der Waals surface area contributed by atoms with Gasteiger partial charge >= 0.3 is 0 Å². The minimum atomic E-state index is -1.14. The Balaban J connectivity index is 1.82. The van der Waals surface area contributed by atoms with E-state index in [0.29, 0.717) is 11.1 Å². The highest BCUT2D eigenvalue weighted by molar-refractivity contribution is 6.51. The number of Topliss-reactive ketones (excluding diaryl/α,β-unsaturated/α-hetero) is 1. The molecule has 0 bridgehead atoms. The van der Waals surface area contributed by atoms with Crippen LogP contribution >= 0.6 is 0 Å². The van der Waals surface area contributed by atoms with Crippen LogP contribution in [-0.2, 0) is 9.59 Å². The fourth-order valence-corrected chi connectivity index (χ4v) is 4.27. The molecule has 1 aliphatic heterocycles. The smallest absolute Gasteiger partial charge is 0.300 e. The summed E-state index contributed by atoms with van der Waals surface area (Å²) in [5.41, 5.74) is 0.842. The fourth-order valence-electron chi connectivity index (χ4n) is 4.27. The summed E-state index contributed by atoms with van der Waals surface area (Å²) in [4.78, 5) is 27.5. The van der Waals surface area contributed by atoms with Crippen LogP contribution in [0.5, 0.6) is 0 Å². The van der Waals surface area contributed by atoms with Gasteiger partial charge in [0.2, 0.25) is 0 Å². The third kappa shape index (κ3) is 3.36. The van der Waals surface area contributed by atoms with Crippen molar-refractivity contribution in [2.24, 2.45) is 0 Å². The summed E-state index contributed by atoms with van der Waals surface area (Å²) >= 11 is 0. The Bertz CT molecular complexity index is 1440. The van der Waals surface area contributed by atoms with Crippen molar-refractivity contribution in [2.75, 3.05) is 4.90 Å². The third-order valence-corrected chi connectivity index (χ3v) is 5.79. The van der Waals surface area contributed by atoms with Crippen LogP contribution in [0, 0.1) is 11.6 Å². The van der Waals surface area contributed by atoms with E-state index in [4.69, 9.17) is 0 Å². The van der Waals surface area contributed by atoms with Crippen molar-refractivity contribution >= 4 is 33.9 Å². The molecule has 0 spiro atoms. The second-order valence-corrected chi connectivity index (χ2v) is 7.70. The molecule has 33 heavy (non-hydrogen) atoms. The Hall–Kier alpha value is -4.32. The number of halogens is 2. The van der Waals surface area contributed by atoms with Gasteiger partial charge in [0.1, 0.15) is 5.76 Å². The van der Waals surface area contributed by atoms with E-state index in [9.17, 15) is 23.5 Å². The van der Waals surface area contributed by atoms with Crippen LogP contribution in [0.25, 0.3) is 16.5 Å². The van der Waals surface area contributed by atoms with E-state index in [-0.39, 0.29) is 17.0 Å². The van der Waals surface area contributed by atoms with E-state index in [0.717, 1.165) is 27.8 Å². The van der Waals surface area contributed by atoms with Crippen molar-refractivity contribution in [1.29, 1.82) is 0 Å². The maximum atomic E-state index is 14.1. The molecule has 5 rings (SSSR count). The van der Waals surface area contributed by atoms with Gasteiger partial charge in [0, 0.05) is 17.3 Å². The Morgan fingerprint density at radius 3 is 2.24 bits per heavy atom. The first-order valence-electron chi connectivity index (χ1n) is 10.3. The standard InChI is InChI=1S/C27H17F2NO3/c28-21-14-13-18(15-22(21)29)30-24(20-12-6-10-16-7-4-5-11-19(16)20)23(26(32)27(30)33)25(31)17-8-2-1-3-9-17/h1-15,24,31H/b25-23-. The molecule has 4 aromatic rings. The first-order chi connectivity index (χ1) is 16.0. The highest BCUT2D eigenvalue weighted by Crippen LogP contribution is 2.44. The molecule has 0 aliphatic carbocycles. The van der Waals surface area contributed by atoms with Crippen LogP contribution in [-0.4, -0.2) is 16.8 Å². The minimum Gasteiger partial charge on any atom is -0.507 e. The molecular formula is C27H17F2NO3. The number of benzene rings is 4. The highest BCUT2D eigenvalue weighted by Gasteiger charge is 2.47. The first kappa shape index (κ1) is 20.6. The molecule has 4 nitrogen and oxygen atoms in total. The summed E-state index contributed by atoms with van der Waals surface area (Å²) in [7, 11) is 0. The molecule has 1 saturated heterocycles. The lowest BCUT2D eigenvalue weighted by Gasteiger charge is -2.26. The quantitative estimate of drug-likeness (QED) is 0.250. The average molecular weight is 441 g/mol. The van der Waals surface area contributed by atoms with Gasteiger partial charge in [0.25, 0.3) is 11.7 Å². The second-order valence-electron chi connectivity index (χ2n) is 7.70. The van der Waals surface area contributed by atoms with Crippen molar-refractivity contribution in [3.8, 4) is 0 Å². The highest BCUT2D eigenvalue weighted by atomic mass is 19.2. The largest absolute Gasteiger partial charge is 0.507 e. The summed E-state index contributed by atoms with van der Waals surface area (Å²) in [5, 5.41) is 12.8. The zero-order valence-electron chi connectivity index (χ0n) is 17.2. The normalized spacial score (nSPS) is 17.6. The van der Waals surface area contributed by atoms with Crippen molar-refractivity contribution in [1.82, 2.24) is 0 Å². The van der Waals surface area contributed by atoms with Gasteiger partial charge in [-0.05, 0) is 28.5 Å². The van der Waals surface area contributed by atoms with Crippen LogP contribution in [0.3, 0.4) is 0 Å². The number of hydrogen-bond donors (Lipinski definition) is 1. The van der Waals surface area contributed by atoms with Gasteiger partial charge in [0.05, 0.1) is 11.6 Å². The number of carbonyl (C=O) groups is 2. The molecule has 4 aromatic carbocycles. The molecule has 1 N–H and O–H groups in total. The van der Waals surface area contributed by atoms with Crippen molar-refractivity contribution < 1.29 is 23.5 Å². The van der Waals surface area contributed by atoms with E-state index >= 15 is 0 Å². The molecule has 6 heteroatoms. The number of ketones is 1. The zero-order chi connectivity index (χ0) is 23.1. The monoisotopic (exact) mass is 441 g/mol. The molecule has 1 atom stereocenters. The topological polar surface area (TPSA) is 57.6 Å². The van der Waals surface area contributed by atoms with Gasteiger partial charge in [-0.1, -0.05) is 72.8 Å². The predicted octanol–water partition coefficient (Wildman–Crippen LogP) is 5.74. The van der Waals surface area contributed by atoms with E-state index in [1.807, 2.05) is 30.3 Å². The fraction of sp³-hybridized carbons (Fsp3) is 0.0370. The molecule has 0 aromatic heterocycles. The molecule has 162 valence electrons. The Kier molecular flexibility index (Phi) is 4.98. The Labute approximate surface area is 188 Å². The maximum absolute atomic E-state index is 14.1. The maximum Gasteiger partial charge on any atom is 0.300 e. The van der Waals surface area contributed by atoms with E-state index < -0.39 is 29.4 Å². The van der Waals surface area contributed by atoms with Crippen molar-refractivity contribution in [3.05, 3.63) is 119 Å². The number of amides is 1. The molecule has 1 fully saturated rings. The van der Waals surface area contributed by atoms with Crippen LogP contribution in [0.4, 0.5) is 14.5 Å². The van der Waals surface area contributed by atoms with Gasteiger partial charge in [-0.25, -0.2) is 8.78 Å². The summed E-state index contributed by atoms with van der Waals surface area (Å²) in [6.07, 6.45) is 0. The number of carbonyl (C=O) groups excluding carboxylic acids is 2. The van der Waals surface area contributed by atoms with Crippen molar-refractivity contribution in [2.45, 2.75) is 6.04 Å². The van der Waals surface area contributed by atoms with Gasteiger partial charge < -0.3 is 5.11 Å². The number of anilines is 1. The molecule has 1 amide bonds. The van der Waals surface area contributed by atoms with Gasteiger partial charge in [0.15, 0.2) is 11.6 Å². The Morgan fingerprint density at radius 1 is 0.788 bits per heavy atom. The van der Waals surface area contributed by atoms with Crippen molar-refractivity contribution in [3.63, 3.8) is 0 Å². The first-order valence-corrected chi connectivity index (χ1v) is 10.3. The van der Waals surface area contributed by atoms with Gasteiger partial charge in [-0.2, -0.15) is 0 Å². The third-order valence-electron chi connectivity index (χ3n) is 5.79. The van der Waals surface area contributed by atoms with Gasteiger partial charge in [-0.3, -0.25) is 14.5 Å². The average Bonchev–Trinajstić information content (AvgIpc) is 3.11. The van der Waals surface area contributed by atoms with Crippen LogP contribution in [0.15, 0.2) is 96.6 Å². The predicted molar refractivity (Wildman–Crippen MR) is 122 cm³/mol. The zero-order valence-corrected chi connectivity index (χ0v) is 17.2. The van der Waals surface area contributed by atoms with E-state index in [2.05, 4.69) is 0 Å². The number of fused-ring (bicyclic) bond motifs is 1. The van der Waals surface area contributed by atoms with Crippen LogP contribution in [0.2, 0.25) is 0 Å². The van der Waals surface area contributed by atoms with Gasteiger partial charge in [-0.15, -0.1) is 0 Å². The van der Waals surface area contributed by atoms with E-state index in [1.54, 1.807) is 42.5 Å². The number of rotatable bonds is 3. The van der Waals surface area contributed by atoms with Crippen LogP contribution < -0.4 is 4.90 Å². The molecular weight excluding hydrogens is 424 g/mol. The van der Waals surface area contributed by atoms with E-state index in [1.165, 1.54) is 6.07 Å². The summed E-state index contributed by atoms with van der Waals surface area (Å²) in [6, 6.07) is 23.2. The summed E-state index contributed by atoms with van der Waals surface area (Å²) < 4.78 is 27.7. The molecule has 1 unspecified atom stereocenters. The molecule has 0 radical (unpaired) electrons. The summed E-state index contributed by atoms with van der Waals surface area (Å²) in [6.45, 7) is 0. The number of aliphatic hydroxyl groups excluding tert-OH is 1. The number of aliphatic hydroxyl groups is 1. The minimum absolute atomic E-state index is 0.0149. The SMILES string of the molecule is O=C1C(=O)N(c2ccc(F)c(F)c2)C(c2cccc3ccccc23)/C1=C(/O)c1ccccc1. The van der Waals surface area contributed by atoms with Crippen LogP contribution in [0.1, 0.15) is 17.2 Å². The number of hydrogen-bond acceptors (Lipinski definition) is 3. The molecule has 1 heterocycles. The lowest BCUT2D eigenvalue weighted by atomic mass is 9.91. The molecule has 0 saturated carbocycles. The second kappa shape index (κ2) is 7.98. The lowest BCUT2D eigenvalue weighted by Crippen LogP contribution is -2.29. The Morgan fingerprint density at radius 2 is 1.48 bits per heavy atom.